The van der Waals surface area contributed by atoms with E-state index in [1.54, 1.807) is 6.92 Å². The average molecular weight is 286 g/mol. The van der Waals surface area contributed by atoms with E-state index in [0.29, 0.717) is 17.5 Å². The summed E-state index contributed by atoms with van der Waals surface area (Å²) in [5, 5.41) is 11.1. The van der Waals surface area contributed by atoms with Crippen LogP contribution in [-0.4, -0.2) is 5.11 Å². The highest BCUT2D eigenvalue weighted by Gasteiger charge is 2.47. The van der Waals surface area contributed by atoms with Crippen LogP contribution in [0.1, 0.15) is 56.2 Å². The Balaban J connectivity index is 2.47. The number of hydrogen-bond donors (Lipinski definition) is 1. The second kappa shape index (κ2) is 4.76. The highest BCUT2D eigenvalue weighted by atomic mass is 19.4. The first-order valence-corrected chi connectivity index (χ1v) is 6.99. The molecule has 1 aromatic rings. The van der Waals surface area contributed by atoms with E-state index in [2.05, 4.69) is 0 Å². The summed E-state index contributed by atoms with van der Waals surface area (Å²) in [6.07, 6.45) is -0.903. The molecule has 1 aliphatic rings. The number of aryl methyl sites for hydroxylation is 1. The molecule has 0 spiro atoms. The molecular formula is C16H21F3O. The summed E-state index contributed by atoms with van der Waals surface area (Å²) >= 11 is 0. The Labute approximate surface area is 117 Å². The molecule has 1 N–H and O–H groups in total. The smallest absolute Gasteiger partial charge is 0.385 e. The minimum absolute atomic E-state index is 0.324. The van der Waals surface area contributed by atoms with Crippen molar-refractivity contribution in [3.8, 4) is 0 Å². The van der Waals surface area contributed by atoms with Gasteiger partial charge in [0.1, 0.15) is 0 Å². The monoisotopic (exact) mass is 286 g/mol. The number of rotatable bonds is 1. The summed E-state index contributed by atoms with van der Waals surface area (Å²) in [5.41, 5.74) is -0.877. The average Bonchev–Trinajstić information content (AvgIpc) is 2.31. The molecule has 0 amide bonds. The first kappa shape index (κ1) is 15.4. The standard InChI is InChI=1S/C16H21F3O/c1-11-10-12(16(17,18)19)6-7-13(11)15(20)9-5-4-8-14(15,2)3/h6-7,10,20H,4-5,8-9H2,1-3H3. The molecule has 20 heavy (non-hydrogen) atoms. The molecule has 0 aromatic heterocycles. The zero-order valence-electron chi connectivity index (χ0n) is 12.1. The van der Waals surface area contributed by atoms with E-state index in [1.165, 1.54) is 6.07 Å². The van der Waals surface area contributed by atoms with Crippen molar-refractivity contribution in [3.63, 3.8) is 0 Å². The minimum atomic E-state index is -4.34. The van der Waals surface area contributed by atoms with Gasteiger partial charge in [0.15, 0.2) is 0 Å². The fraction of sp³-hybridized carbons (Fsp3) is 0.625. The molecule has 1 fully saturated rings. The van der Waals surface area contributed by atoms with Gasteiger partial charge in [0.05, 0.1) is 11.2 Å². The van der Waals surface area contributed by atoms with Gasteiger partial charge in [-0.05, 0) is 48.4 Å². The highest BCUT2D eigenvalue weighted by Crippen LogP contribution is 2.51. The van der Waals surface area contributed by atoms with E-state index in [0.717, 1.165) is 31.4 Å². The van der Waals surface area contributed by atoms with Crippen LogP contribution in [0.3, 0.4) is 0 Å². The van der Waals surface area contributed by atoms with Gasteiger partial charge in [-0.25, -0.2) is 0 Å². The zero-order chi connectivity index (χ0) is 15.2. The van der Waals surface area contributed by atoms with Crippen LogP contribution in [0.25, 0.3) is 0 Å². The summed E-state index contributed by atoms with van der Waals surface area (Å²) in [6.45, 7) is 5.62. The number of aliphatic hydroxyl groups is 1. The predicted octanol–water partition coefficient (Wildman–Crippen LogP) is 4.80. The molecule has 0 aliphatic heterocycles. The van der Waals surface area contributed by atoms with Gasteiger partial charge in [0, 0.05) is 0 Å². The number of benzene rings is 1. The number of hydrogen-bond acceptors (Lipinski definition) is 1. The van der Waals surface area contributed by atoms with E-state index >= 15 is 0 Å². The Kier molecular flexibility index (Phi) is 3.66. The minimum Gasteiger partial charge on any atom is -0.385 e. The van der Waals surface area contributed by atoms with Crippen molar-refractivity contribution in [3.05, 3.63) is 34.9 Å². The predicted molar refractivity (Wildman–Crippen MR) is 72.3 cm³/mol. The molecule has 112 valence electrons. The van der Waals surface area contributed by atoms with Crippen LogP contribution in [-0.2, 0) is 11.8 Å². The lowest BCUT2D eigenvalue weighted by Gasteiger charge is -2.47. The molecule has 0 radical (unpaired) electrons. The largest absolute Gasteiger partial charge is 0.416 e. The van der Waals surface area contributed by atoms with Crippen molar-refractivity contribution < 1.29 is 18.3 Å². The lowest BCUT2D eigenvalue weighted by molar-refractivity contribution is -0.137. The van der Waals surface area contributed by atoms with Crippen LogP contribution in [0.15, 0.2) is 18.2 Å². The maximum absolute atomic E-state index is 12.7. The summed E-state index contributed by atoms with van der Waals surface area (Å²) in [7, 11) is 0. The van der Waals surface area contributed by atoms with Gasteiger partial charge < -0.3 is 5.11 Å². The molecule has 1 atom stereocenters. The van der Waals surface area contributed by atoms with Crippen LogP contribution in [0.4, 0.5) is 13.2 Å². The Morgan fingerprint density at radius 2 is 1.70 bits per heavy atom. The molecule has 4 heteroatoms. The van der Waals surface area contributed by atoms with E-state index < -0.39 is 17.3 Å². The Morgan fingerprint density at radius 1 is 1.10 bits per heavy atom. The van der Waals surface area contributed by atoms with E-state index in [4.69, 9.17) is 0 Å². The first-order chi connectivity index (χ1) is 9.08. The molecule has 1 nitrogen and oxygen atoms in total. The van der Waals surface area contributed by atoms with Gasteiger partial charge >= 0.3 is 6.18 Å². The summed E-state index contributed by atoms with van der Waals surface area (Å²) in [4.78, 5) is 0. The summed E-state index contributed by atoms with van der Waals surface area (Å²) in [6, 6.07) is 3.66. The van der Waals surface area contributed by atoms with E-state index in [-0.39, 0.29) is 5.41 Å². The van der Waals surface area contributed by atoms with Crippen LogP contribution < -0.4 is 0 Å². The lowest BCUT2D eigenvalue weighted by atomic mass is 9.62. The summed E-state index contributed by atoms with van der Waals surface area (Å²) in [5.74, 6) is 0. The molecule has 1 aliphatic carbocycles. The van der Waals surface area contributed by atoms with Crippen molar-refractivity contribution in [2.45, 2.75) is 58.2 Å². The molecule has 1 saturated carbocycles. The Bertz CT molecular complexity index is 505. The van der Waals surface area contributed by atoms with Gasteiger partial charge in [-0.15, -0.1) is 0 Å². The van der Waals surface area contributed by atoms with Crippen molar-refractivity contribution in [1.82, 2.24) is 0 Å². The first-order valence-electron chi connectivity index (χ1n) is 6.99. The SMILES string of the molecule is Cc1cc(C(F)(F)F)ccc1C1(O)CCCCC1(C)C. The van der Waals surface area contributed by atoms with Crippen molar-refractivity contribution >= 4 is 0 Å². The quantitative estimate of drug-likeness (QED) is 0.786. The second-order valence-corrected chi connectivity index (χ2v) is 6.48. The second-order valence-electron chi connectivity index (χ2n) is 6.48. The van der Waals surface area contributed by atoms with Gasteiger partial charge in [0.25, 0.3) is 0 Å². The molecule has 2 rings (SSSR count). The molecule has 0 bridgehead atoms. The van der Waals surface area contributed by atoms with E-state index in [1.807, 2.05) is 13.8 Å². The van der Waals surface area contributed by atoms with Gasteiger partial charge in [-0.1, -0.05) is 32.8 Å². The normalized spacial score (nSPS) is 26.6. The third kappa shape index (κ3) is 2.46. The highest BCUT2D eigenvalue weighted by molar-refractivity contribution is 5.38. The maximum atomic E-state index is 12.7. The van der Waals surface area contributed by atoms with Crippen LogP contribution in [0, 0.1) is 12.3 Å². The molecule has 1 unspecified atom stereocenters. The third-order valence-corrected chi connectivity index (χ3v) is 4.71. The van der Waals surface area contributed by atoms with Crippen molar-refractivity contribution in [2.24, 2.45) is 5.41 Å². The summed E-state index contributed by atoms with van der Waals surface area (Å²) < 4.78 is 38.2. The van der Waals surface area contributed by atoms with Crippen LogP contribution in [0.2, 0.25) is 0 Å². The molecule has 1 aromatic carbocycles. The van der Waals surface area contributed by atoms with Gasteiger partial charge in [0.2, 0.25) is 0 Å². The fourth-order valence-corrected chi connectivity index (χ4v) is 3.30. The fourth-order valence-electron chi connectivity index (χ4n) is 3.30. The molecule has 0 heterocycles. The van der Waals surface area contributed by atoms with Crippen molar-refractivity contribution in [2.75, 3.05) is 0 Å². The van der Waals surface area contributed by atoms with Crippen LogP contribution >= 0.6 is 0 Å². The van der Waals surface area contributed by atoms with Gasteiger partial charge in [-0.3, -0.25) is 0 Å². The topological polar surface area (TPSA) is 20.2 Å². The lowest BCUT2D eigenvalue weighted by Crippen LogP contribution is -2.45. The number of alkyl halides is 3. The van der Waals surface area contributed by atoms with Crippen LogP contribution in [0.5, 0.6) is 0 Å². The maximum Gasteiger partial charge on any atom is 0.416 e. The molecular weight excluding hydrogens is 265 g/mol. The zero-order valence-corrected chi connectivity index (χ0v) is 12.1. The Hall–Kier alpha value is -1.03. The molecule has 0 saturated heterocycles. The van der Waals surface area contributed by atoms with E-state index in [9.17, 15) is 18.3 Å². The van der Waals surface area contributed by atoms with Crippen molar-refractivity contribution in [1.29, 1.82) is 0 Å². The van der Waals surface area contributed by atoms with Gasteiger partial charge in [-0.2, -0.15) is 13.2 Å². The number of halogens is 3. The third-order valence-electron chi connectivity index (χ3n) is 4.71. The Morgan fingerprint density at radius 3 is 2.20 bits per heavy atom.